The molecule has 3 heteroatoms. The molecule has 0 unspecified atom stereocenters. The summed E-state index contributed by atoms with van der Waals surface area (Å²) in [6, 6.07) is 2.09. The number of rotatable bonds is 4. The molecule has 0 aromatic heterocycles. The smallest absolute Gasteiger partial charge is 0.226 e. The predicted octanol–water partition coefficient (Wildman–Crippen LogP) is 2.57. The predicted molar refractivity (Wildman–Crippen MR) is 63.6 cm³/mol. The van der Waals surface area contributed by atoms with Gasteiger partial charge in [0.2, 0.25) is 5.91 Å². The Bertz CT molecular complexity index is 262. The Balaban J connectivity index is 2.50. The van der Waals surface area contributed by atoms with Gasteiger partial charge in [0.15, 0.2) is 0 Å². The zero-order chi connectivity index (χ0) is 12.0. The van der Waals surface area contributed by atoms with E-state index >= 15 is 0 Å². The van der Waals surface area contributed by atoms with E-state index in [1.54, 1.807) is 4.90 Å². The monoisotopic (exact) mass is 222 g/mol. The van der Waals surface area contributed by atoms with Crippen LogP contribution in [0.1, 0.15) is 46.0 Å². The van der Waals surface area contributed by atoms with Crippen molar-refractivity contribution < 1.29 is 4.79 Å². The van der Waals surface area contributed by atoms with Crippen LogP contribution >= 0.6 is 0 Å². The summed E-state index contributed by atoms with van der Waals surface area (Å²) < 4.78 is 0. The summed E-state index contributed by atoms with van der Waals surface area (Å²) in [4.78, 5) is 13.9. The molecule has 0 aromatic carbocycles. The van der Waals surface area contributed by atoms with Crippen LogP contribution in [0.4, 0.5) is 0 Å². The molecule has 0 radical (unpaired) electrons. The highest BCUT2D eigenvalue weighted by Crippen LogP contribution is 2.29. The molecule has 0 aliphatic heterocycles. The Hall–Kier alpha value is -1.04. The quantitative estimate of drug-likeness (QED) is 0.686. The fourth-order valence-electron chi connectivity index (χ4n) is 2.39. The van der Waals surface area contributed by atoms with Crippen LogP contribution in [0.25, 0.3) is 0 Å². The van der Waals surface area contributed by atoms with Crippen molar-refractivity contribution in [3.8, 4) is 6.07 Å². The molecule has 1 aliphatic carbocycles. The average Bonchev–Trinajstić information content (AvgIpc) is 2.29. The highest BCUT2D eigenvalue weighted by Gasteiger charge is 2.27. The van der Waals surface area contributed by atoms with E-state index in [2.05, 4.69) is 13.0 Å². The average molecular weight is 222 g/mol. The van der Waals surface area contributed by atoms with Crippen LogP contribution in [-0.4, -0.2) is 23.9 Å². The number of nitrogens with zero attached hydrogens (tertiary/aromatic N) is 2. The van der Waals surface area contributed by atoms with Gasteiger partial charge < -0.3 is 4.90 Å². The second-order valence-electron chi connectivity index (χ2n) is 4.87. The molecule has 0 spiro atoms. The zero-order valence-corrected chi connectivity index (χ0v) is 10.4. The topological polar surface area (TPSA) is 44.1 Å². The minimum Gasteiger partial charge on any atom is -0.329 e. The standard InChI is InChI=1S/C13H22N2O/c1-3-9-15(10-8-14)13(16)12-6-4-11(2)5-7-12/h11-12H,3-7,9-10H2,1-2H3. The highest BCUT2D eigenvalue weighted by atomic mass is 16.2. The van der Waals surface area contributed by atoms with E-state index in [-0.39, 0.29) is 18.4 Å². The second-order valence-corrected chi connectivity index (χ2v) is 4.87. The molecule has 1 fully saturated rings. The van der Waals surface area contributed by atoms with Gasteiger partial charge in [-0.05, 0) is 38.0 Å². The summed E-state index contributed by atoms with van der Waals surface area (Å²) in [5.74, 6) is 1.14. The van der Waals surface area contributed by atoms with Gasteiger partial charge in [-0.15, -0.1) is 0 Å². The lowest BCUT2D eigenvalue weighted by molar-refractivity contribution is -0.136. The number of hydrogen-bond acceptors (Lipinski definition) is 2. The van der Waals surface area contributed by atoms with Crippen molar-refractivity contribution in [3.63, 3.8) is 0 Å². The normalized spacial score (nSPS) is 24.8. The summed E-state index contributed by atoms with van der Waals surface area (Å²) in [7, 11) is 0. The number of carbonyl (C=O) groups excluding carboxylic acids is 1. The maximum atomic E-state index is 12.2. The fourth-order valence-corrected chi connectivity index (χ4v) is 2.39. The SMILES string of the molecule is CCCN(CC#N)C(=O)C1CCC(C)CC1. The van der Waals surface area contributed by atoms with Crippen molar-refractivity contribution in [1.29, 1.82) is 5.26 Å². The van der Waals surface area contributed by atoms with Crippen molar-refractivity contribution in [1.82, 2.24) is 4.90 Å². The number of carbonyl (C=O) groups is 1. The van der Waals surface area contributed by atoms with E-state index in [0.717, 1.165) is 44.6 Å². The summed E-state index contributed by atoms with van der Waals surface area (Å²) in [6.07, 6.45) is 5.25. The molecular formula is C13H22N2O. The molecule has 3 nitrogen and oxygen atoms in total. The Labute approximate surface area is 98.4 Å². The first-order valence-electron chi connectivity index (χ1n) is 6.34. The molecular weight excluding hydrogens is 200 g/mol. The number of amides is 1. The molecule has 0 atom stereocenters. The van der Waals surface area contributed by atoms with Gasteiger partial charge in [-0.25, -0.2) is 0 Å². The summed E-state index contributed by atoms with van der Waals surface area (Å²) in [5, 5.41) is 8.71. The van der Waals surface area contributed by atoms with E-state index < -0.39 is 0 Å². The van der Waals surface area contributed by atoms with Gasteiger partial charge in [0.05, 0.1) is 6.07 Å². The third kappa shape index (κ3) is 3.52. The summed E-state index contributed by atoms with van der Waals surface area (Å²) in [6.45, 7) is 5.26. The van der Waals surface area contributed by atoms with Crippen LogP contribution in [-0.2, 0) is 4.79 Å². The lowest BCUT2D eigenvalue weighted by Gasteiger charge is -2.29. The van der Waals surface area contributed by atoms with Crippen LogP contribution in [0.5, 0.6) is 0 Å². The lowest BCUT2D eigenvalue weighted by Crippen LogP contribution is -2.38. The first-order chi connectivity index (χ1) is 7.69. The largest absolute Gasteiger partial charge is 0.329 e. The van der Waals surface area contributed by atoms with Crippen LogP contribution in [0.2, 0.25) is 0 Å². The minimum atomic E-state index is 0.177. The second kappa shape index (κ2) is 6.52. The van der Waals surface area contributed by atoms with Crippen LogP contribution in [0, 0.1) is 23.2 Å². The minimum absolute atomic E-state index is 0.177. The molecule has 0 heterocycles. The zero-order valence-electron chi connectivity index (χ0n) is 10.4. The van der Waals surface area contributed by atoms with Crippen LogP contribution < -0.4 is 0 Å². The van der Waals surface area contributed by atoms with Crippen molar-refractivity contribution in [3.05, 3.63) is 0 Å². The van der Waals surface area contributed by atoms with Gasteiger partial charge >= 0.3 is 0 Å². The molecule has 16 heavy (non-hydrogen) atoms. The molecule has 0 saturated heterocycles. The summed E-state index contributed by atoms with van der Waals surface area (Å²) >= 11 is 0. The molecule has 1 aliphatic rings. The van der Waals surface area contributed by atoms with Crippen molar-refractivity contribution in [2.45, 2.75) is 46.0 Å². The van der Waals surface area contributed by atoms with Gasteiger partial charge in [0.1, 0.15) is 6.54 Å². The molecule has 1 amide bonds. The maximum Gasteiger partial charge on any atom is 0.226 e. The van der Waals surface area contributed by atoms with Gasteiger partial charge in [-0.3, -0.25) is 4.79 Å². The van der Waals surface area contributed by atoms with E-state index in [1.165, 1.54) is 0 Å². The Morgan fingerprint density at radius 3 is 2.50 bits per heavy atom. The fraction of sp³-hybridized carbons (Fsp3) is 0.846. The highest BCUT2D eigenvalue weighted by molar-refractivity contribution is 5.79. The van der Waals surface area contributed by atoms with Crippen molar-refractivity contribution in [2.75, 3.05) is 13.1 Å². The third-order valence-electron chi connectivity index (χ3n) is 3.43. The first kappa shape index (κ1) is 13.0. The van der Waals surface area contributed by atoms with E-state index in [1.807, 2.05) is 6.92 Å². The molecule has 0 aromatic rings. The number of hydrogen-bond donors (Lipinski definition) is 0. The molecule has 0 N–H and O–H groups in total. The molecule has 0 bridgehead atoms. The Morgan fingerprint density at radius 2 is 2.00 bits per heavy atom. The van der Waals surface area contributed by atoms with Crippen molar-refractivity contribution in [2.24, 2.45) is 11.8 Å². The summed E-state index contributed by atoms with van der Waals surface area (Å²) in [5.41, 5.74) is 0. The third-order valence-corrected chi connectivity index (χ3v) is 3.43. The Kier molecular flexibility index (Phi) is 5.31. The Morgan fingerprint density at radius 1 is 1.38 bits per heavy atom. The van der Waals surface area contributed by atoms with Crippen LogP contribution in [0.3, 0.4) is 0 Å². The van der Waals surface area contributed by atoms with Gasteiger partial charge in [0, 0.05) is 12.5 Å². The van der Waals surface area contributed by atoms with E-state index in [4.69, 9.17) is 5.26 Å². The molecule has 90 valence electrons. The lowest BCUT2D eigenvalue weighted by atomic mass is 9.82. The van der Waals surface area contributed by atoms with Crippen LogP contribution in [0.15, 0.2) is 0 Å². The number of nitriles is 1. The van der Waals surface area contributed by atoms with E-state index in [9.17, 15) is 4.79 Å². The molecule has 1 rings (SSSR count). The van der Waals surface area contributed by atoms with E-state index in [0.29, 0.717) is 0 Å². The first-order valence-corrected chi connectivity index (χ1v) is 6.34. The maximum absolute atomic E-state index is 12.2. The van der Waals surface area contributed by atoms with Gasteiger partial charge in [0.25, 0.3) is 0 Å². The van der Waals surface area contributed by atoms with Gasteiger partial charge in [-0.1, -0.05) is 13.8 Å². The molecule has 1 saturated carbocycles. The van der Waals surface area contributed by atoms with Gasteiger partial charge in [-0.2, -0.15) is 5.26 Å². The van der Waals surface area contributed by atoms with Crippen molar-refractivity contribution >= 4 is 5.91 Å².